The fourth-order valence-corrected chi connectivity index (χ4v) is 1.36. The third-order valence-electron chi connectivity index (χ3n) is 2.32. The summed E-state index contributed by atoms with van der Waals surface area (Å²) in [5.74, 6) is 0. The number of rotatable bonds is 4. The predicted octanol–water partition coefficient (Wildman–Crippen LogP) is 1.35. The van der Waals surface area contributed by atoms with E-state index in [1.165, 1.54) is 5.56 Å². The summed E-state index contributed by atoms with van der Waals surface area (Å²) in [7, 11) is 0. The van der Waals surface area contributed by atoms with Crippen LogP contribution in [0.3, 0.4) is 0 Å². The molecule has 1 unspecified atom stereocenters. The highest BCUT2D eigenvalue weighted by atomic mass is 16.3. The van der Waals surface area contributed by atoms with Gasteiger partial charge in [-0.1, -0.05) is 29.8 Å². The van der Waals surface area contributed by atoms with Crippen LogP contribution in [0.15, 0.2) is 24.3 Å². The zero-order chi connectivity index (χ0) is 12.0. The van der Waals surface area contributed by atoms with Gasteiger partial charge in [-0.05, 0) is 19.4 Å². The van der Waals surface area contributed by atoms with E-state index in [9.17, 15) is 4.79 Å². The topological polar surface area (TPSA) is 61.4 Å². The molecule has 0 saturated carbocycles. The van der Waals surface area contributed by atoms with Gasteiger partial charge in [-0.25, -0.2) is 4.79 Å². The maximum atomic E-state index is 11.3. The van der Waals surface area contributed by atoms with Crippen LogP contribution in [0.4, 0.5) is 4.79 Å². The van der Waals surface area contributed by atoms with E-state index in [4.69, 9.17) is 5.11 Å². The third-order valence-corrected chi connectivity index (χ3v) is 2.32. The molecule has 1 rings (SSSR count). The van der Waals surface area contributed by atoms with Crippen molar-refractivity contribution >= 4 is 6.03 Å². The minimum atomic E-state index is -0.262. The summed E-state index contributed by atoms with van der Waals surface area (Å²) in [5, 5.41) is 13.9. The average molecular weight is 222 g/mol. The predicted molar refractivity (Wildman–Crippen MR) is 63.2 cm³/mol. The highest BCUT2D eigenvalue weighted by Gasteiger charge is 2.07. The maximum Gasteiger partial charge on any atom is 0.315 e. The van der Waals surface area contributed by atoms with Crippen molar-refractivity contribution in [3.8, 4) is 0 Å². The summed E-state index contributed by atoms with van der Waals surface area (Å²) >= 11 is 0. The molecule has 4 nitrogen and oxygen atoms in total. The first-order chi connectivity index (χ1) is 7.63. The van der Waals surface area contributed by atoms with Gasteiger partial charge in [-0.15, -0.1) is 0 Å². The average Bonchev–Trinajstić information content (AvgIpc) is 2.27. The van der Waals surface area contributed by atoms with E-state index < -0.39 is 0 Å². The van der Waals surface area contributed by atoms with Gasteiger partial charge in [0.25, 0.3) is 0 Å². The van der Waals surface area contributed by atoms with Gasteiger partial charge in [-0.2, -0.15) is 0 Å². The van der Waals surface area contributed by atoms with Crippen molar-refractivity contribution in [2.75, 3.05) is 13.2 Å². The third kappa shape index (κ3) is 3.90. The van der Waals surface area contributed by atoms with Crippen molar-refractivity contribution in [1.29, 1.82) is 0 Å². The number of carbonyl (C=O) groups excluding carboxylic acids is 1. The second kappa shape index (κ2) is 6.12. The van der Waals surface area contributed by atoms with Crippen LogP contribution in [-0.4, -0.2) is 24.3 Å². The van der Waals surface area contributed by atoms with E-state index in [1.54, 1.807) is 0 Å². The zero-order valence-corrected chi connectivity index (χ0v) is 9.66. The number of hydrogen-bond acceptors (Lipinski definition) is 2. The second-order valence-electron chi connectivity index (χ2n) is 3.76. The first-order valence-electron chi connectivity index (χ1n) is 5.35. The van der Waals surface area contributed by atoms with Crippen molar-refractivity contribution in [3.05, 3.63) is 35.4 Å². The van der Waals surface area contributed by atoms with Gasteiger partial charge in [0.15, 0.2) is 0 Å². The molecule has 2 amide bonds. The Morgan fingerprint density at radius 1 is 1.38 bits per heavy atom. The maximum absolute atomic E-state index is 11.3. The van der Waals surface area contributed by atoms with Crippen molar-refractivity contribution in [2.45, 2.75) is 19.9 Å². The lowest BCUT2D eigenvalue weighted by Crippen LogP contribution is -2.38. The Morgan fingerprint density at radius 2 is 2.00 bits per heavy atom. The van der Waals surface area contributed by atoms with E-state index in [-0.39, 0.29) is 25.2 Å². The molecule has 1 atom stereocenters. The second-order valence-corrected chi connectivity index (χ2v) is 3.76. The molecule has 0 aliphatic heterocycles. The summed E-state index contributed by atoms with van der Waals surface area (Å²) in [6, 6.07) is 7.71. The molecule has 0 radical (unpaired) electrons. The highest BCUT2D eigenvalue weighted by molar-refractivity contribution is 5.74. The van der Waals surface area contributed by atoms with Gasteiger partial charge in [0.2, 0.25) is 0 Å². The largest absolute Gasteiger partial charge is 0.395 e. The van der Waals surface area contributed by atoms with Crippen LogP contribution in [0.25, 0.3) is 0 Å². The number of aryl methyl sites for hydroxylation is 1. The Hall–Kier alpha value is -1.55. The SMILES string of the molecule is Cc1ccc(C(C)NC(=O)NCCO)cc1. The molecule has 0 fully saturated rings. The van der Waals surface area contributed by atoms with Crippen molar-refractivity contribution < 1.29 is 9.90 Å². The van der Waals surface area contributed by atoms with Crippen molar-refractivity contribution in [2.24, 2.45) is 0 Å². The summed E-state index contributed by atoms with van der Waals surface area (Å²) < 4.78 is 0. The van der Waals surface area contributed by atoms with Crippen LogP contribution in [0, 0.1) is 6.92 Å². The van der Waals surface area contributed by atoms with Gasteiger partial charge in [0.1, 0.15) is 0 Å². The first-order valence-corrected chi connectivity index (χ1v) is 5.35. The van der Waals surface area contributed by atoms with Crippen LogP contribution in [0.1, 0.15) is 24.1 Å². The Morgan fingerprint density at radius 3 is 2.56 bits per heavy atom. The molecule has 4 heteroatoms. The van der Waals surface area contributed by atoms with Gasteiger partial charge >= 0.3 is 6.03 Å². The molecule has 0 saturated heterocycles. The zero-order valence-electron chi connectivity index (χ0n) is 9.66. The van der Waals surface area contributed by atoms with Crippen LogP contribution >= 0.6 is 0 Å². The summed E-state index contributed by atoms with van der Waals surface area (Å²) in [6.07, 6.45) is 0. The summed E-state index contributed by atoms with van der Waals surface area (Å²) in [4.78, 5) is 11.3. The van der Waals surface area contributed by atoms with Gasteiger partial charge in [0, 0.05) is 6.54 Å². The number of benzene rings is 1. The lowest BCUT2D eigenvalue weighted by Gasteiger charge is -2.14. The lowest BCUT2D eigenvalue weighted by atomic mass is 10.1. The molecule has 3 N–H and O–H groups in total. The fourth-order valence-electron chi connectivity index (χ4n) is 1.36. The molecular formula is C12H18N2O2. The Balaban J connectivity index is 2.48. The number of aliphatic hydroxyl groups is 1. The van der Waals surface area contributed by atoms with Crippen LogP contribution < -0.4 is 10.6 Å². The molecule has 1 aromatic carbocycles. The summed E-state index contributed by atoms with van der Waals surface area (Å²) in [6.45, 7) is 4.16. The van der Waals surface area contributed by atoms with Gasteiger partial charge in [0.05, 0.1) is 12.6 Å². The van der Waals surface area contributed by atoms with E-state index in [0.717, 1.165) is 5.56 Å². The van der Waals surface area contributed by atoms with E-state index >= 15 is 0 Å². The monoisotopic (exact) mass is 222 g/mol. The molecule has 16 heavy (non-hydrogen) atoms. The molecule has 0 spiro atoms. The van der Waals surface area contributed by atoms with Crippen LogP contribution in [-0.2, 0) is 0 Å². The quantitative estimate of drug-likeness (QED) is 0.720. The molecule has 88 valence electrons. The number of urea groups is 1. The number of nitrogens with one attached hydrogen (secondary N) is 2. The number of amides is 2. The minimum absolute atomic E-state index is 0.0423. The van der Waals surface area contributed by atoms with Crippen LogP contribution in [0.2, 0.25) is 0 Å². The number of aliphatic hydroxyl groups excluding tert-OH is 1. The molecule has 1 aromatic rings. The molecule has 0 aliphatic rings. The molecule has 0 bridgehead atoms. The lowest BCUT2D eigenvalue weighted by molar-refractivity contribution is 0.231. The Labute approximate surface area is 95.7 Å². The first kappa shape index (κ1) is 12.5. The number of hydrogen-bond donors (Lipinski definition) is 3. The Bertz CT molecular complexity index is 335. The van der Waals surface area contributed by atoms with Gasteiger partial charge in [-0.3, -0.25) is 0 Å². The van der Waals surface area contributed by atoms with E-state index in [1.807, 2.05) is 38.1 Å². The fraction of sp³-hybridized carbons (Fsp3) is 0.417. The van der Waals surface area contributed by atoms with Crippen molar-refractivity contribution in [1.82, 2.24) is 10.6 Å². The Kier molecular flexibility index (Phi) is 4.79. The minimum Gasteiger partial charge on any atom is -0.395 e. The smallest absolute Gasteiger partial charge is 0.315 e. The molecular weight excluding hydrogens is 204 g/mol. The molecule has 0 aliphatic carbocycles. The number of carbonyl (C=O) groups is 1. The highest BCUT2D eigenvalue weighted by Crippen LogP contribution is 2.12. The van der Waals surface area contributed by atoms with Gasteiger partial charge < -0.3 is 15.7 Å². The molecule has 0 heterocycles. The van der Waals surface area contributed by atoms with Crippen molar-refractivity contribution in [3.63, 3.8) is 0 Å². The summed E-state index contributed by atoms with van der Waals surface area (Å²) in [5.41, 5.74) is 2.26. The van der Waals surface area contributed by atoms with Crippen LogP contribution in [0.5, 0.6) is 0 Å². The standard InChI is InChI=1S/C12H18N2O2/c1-9-3-5-11(6-4-9)10(2)14-12(16)13-7-8-15/h3-6,10,15H,7-8H2,1-2H3,(H2,13,14,16). The molecule has 0 aromatic heterocycles. The normalized spacial score (nSPS) is 11.9. The van der Waals surface area contributed by atoms with E-state index in [0.29, 0.717) is 0 Å². The van der Waals surface area contributed by atoms with E-state index in [2.05, 4.69) is 10.6 Å².